The van der Waals surface area contributed by atoms with Crippen LogP contribution in [0.1, 0.15) is 22.8 Å². The fourth-order valence-electron chi connectivity index (χ4n) is 2.07. The van der Waals surface area contributed by atoms with Crippen LogP contribution in [0.2, 0.25) is 0 Å². The molecule has 2 aromatic rings. The van der Waals surface area contributed by atoms with Crippen LogP contribution in [-0.2, 0) is 10.0 Å². The Labute approximate surface area is 129 Å². The first kappa shape index (κ1) is 16.6. The molecule has 2 aromatic carbocycles. The van der Waals surface area contributed by atoms with Gasteiger partial charge in [-0.1, -0.05) is 24.3 Å². The van der Waals surface area contributed by atoms with E-state index in [9.17, 15) is 17.9 Å². The minimum atomic E-state index is -3.71. The van der Waals surface area contributed by atoms with Crippen molar-refractivity contribution in [3.05, 3.63) is 65.0 Å². The molecule has 0 aliphatic rings. The SMILES string of the molecule is Cc1ccc(C)c(S(=O)(=O)NCC(O)c2ccc(F)cc2)c1. The predicted octanol–water partition coefficient (Wildman–Crippen LogP) is 2.45. The number of aliphatic hydroxyl groups excluding tert-OH is 1. The van der Waals surface area contributed by atoms with Crippen LogP contribution in [0.4, 0.5) is 4.39 Å². The Balaban J connectivity index is 2.12. The number of sulfonamides is 1. The Kier molecular flexibility index (Phi) is 4.95. The first-order chi connectivity index (χ1) is 10.3. The highest BCUT2D eigenvalue weighted by atomic mass is 32.2. The maximum absolute atomic E-state index is 12.8. The van der Waals surface area contributed by atoms with Crippen LogP contribution in [0, 0.1) is 19.7 Å². The maximum atomic E-state index is 12.8. The third-order valence-electron chi connectivity index (χ3n) is 3.35. The van der Waals surface area contributed by atoms with Gasteiger partial charge in [0.15, 0.2) is 0 Å². The van der Waals surface area contributed by atoms with Gasteiger partial charge in [-0.05, 0) is 48.7 Å². The van der Waals surface area contributed by atoms with E-state index in [-0.39, 0.29) is 11.4 Å². The number of aryl methyl sites for hydroxylation is 2. The molecular weight excluding hydrogens is 305 g/mol. The second kappa shape index (κ2) is 6.56. The van der Waals surface area contributed by atoms with Crippen LogP contribution in [0.5, 0.6) is 0 Å². The summed E-state index contributed by atoms with van der Waals surface area (Å²) in [4.78, 5) is 0.193. The summed E-state index contributed by atoms with van der Waals surface area (Å²) in [7, 11) is -3.71. The van der Waals surface area contributed by atoms with Crippen molar-refractivity contribution in [2.24, 2.45) is 0 Å². The van der Waals surface area contributed by atoms with Crippen LogP contribution >= 0.6 is 0 Å². The van der Waals surface area contributed by atoms with Crippen molar-refractivity contribution < 1.29 is 17.9 Å². The molecule has 1 atom stereocenters. The maximum Gasteiger partial charge on any atom is 0.240 e. The third kappa shape index (κ3) is 3.91. The van der Waals surface area contributed by atoms with Crippen molar-refractivity contribution in [3.63, 3.8) is 0 Å². The fourth-order valence-corrected chi connectivity index (χ4v) is 3.43. The van der Waals surface area contributed by atoms with Crippen molar-refractivity contribution in [1.82, 2.24) is 4.72 Å². The second-order valence-corrected chi connectivity index (χ2v) is 6.92. The molecule has 0 aliphatic heterocycles. The average Bonchev–Trinajstić information content (AvgIpc) is 2.48. The molecule has 1 unspecified atom stereocenters. The van der Waals surface area contributed by atoms with E-state index in [4.69, 9.17) is 0 Å². The van der Waals surface area contributed by atoms with Gasteiger partial charge in [-0.15, -0.1) is 0 Å². The second-order valence-electron chi connectivity index (χ2n) is 5.19. The van der Waals surface area contributed by atoms with Crippen molar-refractivity contribution in [2.45, 2.75) is 24.8 Å². The lowest BCUT2D eigenvalue weighted by atomic mass is 10.1. The molecule has 0 aliphatic carbocycles. The molecule has 0 spiro atoms. The molecule has 0 saturated carbocycles. The zero-order chi connectivity index (χ0) is 16.3. The molecule has 4 nitrogen and oxygen atoms in total. The third-order valence-corrected chi connectivity index (χ3v) is 4.92. The Morgan fingerprint density at radius 1 is 1.14 bits per heavy atom. The Hall–Kier alpha value is -1.76. The number of hydrogen-bond donors (Lipinski definition) is 2. The molecule has 0 bridgehead atoms. The van der Waals surface area contributed by atoms with Gasteiger partial charge in [0.05, 0.1) is 11.0 Å². The minimum absolute atomic E-state index is 0.179. The van der Waals surface area contributed by atoms with E-state index < -0.39 is 21.9 Å². The summed E-state index contributed by atoms with van der Waals surface area (Å²) in [5.74, 6) is -0.410. The summed E-state index contributed by atoms with van der Waals surface area (Å²) < 4.78 is 39.8. The molecule has 0 aromatic heterocycles. The molecule has 2 rings (SSSR count). The van der Waals surface area contributed by atoms with Crippen LogP contribution in [-0.4, -0.2) is 20.1 Å². The van der Waals surface area contributed by atoms with E-state index in [0.717, 1.165) is 5.56 Å². The average molecular weight is 323 g/mol. The van der Waals surface area contributed by atoms with Crippen LogP contribution in [0.3, 0.4) is 0 Å². The number of rotatable bonds is 5. The fraction of sp³-hybridized carbons (Fsp3) is 0.250. The molecule has 0 heterocycles. The summed E-state index contributed by atoms with van der Waals surface area (Å²) in [6.07, 6.45) is -1.04. The van der Waals surface area contributed by atoms with E-state index >= 15 is 0 Å². The molecule has 0 amide bonds. The van der Waals surface area contributed by atoms with Gasteiger partial charge in [-0.3, -0.25) is 0 Å². The summed E-state index contributed by atoms with van der Waals surface area (Å²) >= 11 is 0. The van der Waals surface area contributed by atoms with Gasteiger partial charge < -0.3 is 5.11 Å². The van der Waals surface area contributed by atoms with Gasteiger partial charge in [-0.2, -0.15) is 0 Å². The lowest BCUT2D eigenvalue weighted by Gasteiger charge is -2.14. The molecule has 2 N–H and O–H groups in total. The van der Waals surface area contributed by atoms with Gasteiger partial charge in [-0.25, -0.2) is 17.5 Å². The summed E-state index contributed by atoms with van der Waals surface area (Å²) in [5, 5.41) is 10.00. The van der Waals surface area contributed by atoms with E-state index in [1.807, 2.05) is 13.0 Å². The Bertz CT molecular complexity index is 757. The smallest absolute Gasteiger partial charge is 0.240 e. The lowest BCUT2D eigenvalue weighted by molar-refractivity contribution is 0.182. The van der Waals surface area contributed by atoms with Gasteiger partial charge in [0.2, 0.25) is 10.0 Å². The van der Waals surface area contributed by atoms with Gasteiger partial charge in [0, 0.05) is 6.54 Å². The minimum Gasteiger partial charge on any atom is -0.387 e. The number of aliphatic hydroxyl groups is 1. The van der Waals surface area contributed by atoms with Gasteiger partial charge >= 0.3 is 0 Å². The molecule has 0 fully saturated rings. The Morgan fingerprint density at radius 2 is 1.77 bits per heavy atom. The van der Waals surface area contributed by atoms with E-state index in [0.29, 0.717) is 11.1 Å². The van der Waals surface area contributed by atoms with Gasteiger partial charge in [0.1, 0.15) is 5.82 Å². The number of halogens is 1. The highest BCUT2D eigenvalue weighted by Gasteiger charge is 2.19. The standard InChI is InChI=1S/C16H18FNO3S/c1-11-3-4-12(2)16(9-11)22(20,21)18-10-15(19)13-5-7-14(17)8-6-13/h3-9,15,18-19H,10H2,1-2H3. The highest BCUT2D eigenvalue weighted by Crippen LogP contribution is 2.18. The normalized spacial score (nSPS) is 13.1. The molecule has 6 heteroatoms. The Morgan fingerprint density at radius 3 is 2.41 bits per heavy atom. The van der Waals surface area contributed by atoms with Crippen molar-refractivity contribution in [2.75, 3.05) is 6.54 Å². The molecule has 0 saturated heterocycles. The van der Waals surface area contributed by atoms with Crippen molar-refractivity contribution in [3.8, 4) is 0 Å². The quantitative estimate of drug-likeness (QED) is 0.888. The van der Waals surface area contributed by atoms with Gasteiger partial charge in [0.25, 0.3) is 0 Å². The lowest BCUT2D eigenvalue weighted by Crippen LogP contribution is -2.29. The van der Waals surface area contributed by atoms with E-state index in [1.165, 1.54) is 24.3 Å². The van der Waals surface area contributed by atoms with E-state index in [2.05, 4.69) is 4.72 Å². The monoisotopic (exact) mass is 323 g/mol. The first-order valence-electron chi connectivity index (χ1n) is 6.80. The van der Waals surface area contributed by atoms with E-state index in [1.54, 1.807) is 19.1 Å². The first-order valence-corrected chi connectivity index (χ1v) is 8.28. The molecule has 0 radical (unpaired) electrons. The predicted molar refractivity (Wildman–Crippen MR) is 82.5 cm³/mol. The van der Waals surface area contributed by atoms with Crippen molar-refractivity contribution >= 4 is 10.0 Å². The largest absolute Gasteiger partial charge is 0.387 e. The molecule has 118 valence electrons. The van der Waals surface area contributed by atoms with Crippen LogP contribution in [0.25, 0.3) is 0 Å². The zero-order valence-electron chi connectivity index (χ0n) is 12.4. The number of nitrogens with one attached hydrogen (secondary N) is 1. The van der Waals surface area contributed by atoms with Crippen LogP contribution in [0.15, 0.2) is 47.4 Å². The topological polar surface area (TPSA) is 66.4 Å². The summed E-state index contributed by atoms with van der Waals surface area (Å²) in [5.41, 5.74) is 1.92. The zero-order valence-corrected chi connectivity index (χ0v) is 13.2. The summed E-state index contributed by atoms with van der Waals surface area (Å²) in [6.45, 7) is 3.34. The summed E-state index contributed by atoms with van der Waals surface area (Å²) in [6, 6.07) is 10.4. The molecule has 22 heavy (non-hydrogen) atoms. The van der Waals surface area contributed by atoms with Crippen molar-refractivity contribution in [1.29, 1.82) is 0 Å². The van der Waals surface area contributed by atoms with Crippen LogP contribution < -0.4 is 4.72 Å². The molecular formula is C16H18FNO3S. The number of hydrogen-bond acceptors (Lipinski definition) is 3. The number of benzene rings is 2. The highest BCUT2D eigenvalue weighted by molar-refractivity contribution is 7.89.